The van der Waals surface area contributed by atoms with Gasteiger partial charge in [-0.3, -0.25) is 4.79 Å². The lowest BCUT2D eigenvalue weighted by Crippen LogP contribution is -2.48. The molecule has 0 radical (unpaired) electrons. The number of carbonyl (C=O) groups is 1. The zero-order chi connectivity index (χ0) is 20.3. The van der Waals surface area contributed by atoms with Crippen molar-refractivity contribution in [3.63, 3.8) is 0 Å². The number of thioether (sulfide) groups is 1. The highest BCUT2D eigenvalue weighted by atomic mass is 32.2. The predicted octanol–water partition coefficient (Wildman–Crippen LogP) is 3.64. The van der Waals surface area contributed by atoms with Crippen LogP contribution in [0.1, 0.15) is 37.3 Å². The molecule has 0 saturated carbocycles. The normalized spacial score (nSPS) is 25.4. The van der Waals surface area contributed by atoms with Crippen molar-refractivity contribution in [2.24, 2.45) is 0 Å². The predicted molar refractivity (Wildman–Crippen MR) is 114 cm³/mol. The lowest BCUT2D eigenvalue weighted by molar-refractivity contribution is -0.134. The number of hydrogen-bond donors (Lipinski definition) is 0. The number of rotatable bonds is 2. The Morgan fingerprint density at radius 1 is 1.10 bits per heavy atom. The van der Waals surface area contributed by atoms with Gasteiger partial charge in [-0.05, 0) is 37.3 Å². The molecule has 2 atom stereocenters. The number of nitrogens with zero attached hydrogens (tertiary/aromatic N) is 5. The smallest absolute Gasteiger partial charge is 0.240 e. The molecule has 0 bridgehead atoms. The summed E-state index contributed by atoms with van der Waals surface area (Å²) < 4.78 is 15.1. The van der Waals surface area contributed by atoms with Gasteiger partial charge >= 0.3 is 0 Å². The quantitative estimate of drug-likeness (QED) is 0.630. The van der Waals surface area contributed by atoms with Crippen molar-refractivity contribution in [3.8, 4) is 0 Å². The van der Waals surface area contributed by atoms with Crippen LogP contribution in [0.5, 0.6) is 0 Å². The molecular weight excluding hydrogens is 401 g/mol. The van der Waals surface area contributed by atoms with Crippen molar-refractivity contribution in [1.29, 1.82) is 0 Å². The molecule has 2 aromatic heterocycles. The molecule has 1 spiro atoms. The minimum Gasteiger partial charge on any atom is -0.356 e. The van der Waals surface area contributed by atoms with Crippen molar-refractivity contribution in [3.05, 3.63) is 60.2 Å². The monoisotopic (exact) mass is 423 g/mol. The molecular formula is C22H22FN5OS. The Morgan fingerprint density at radius 2 is 1.90 bits per heavy atom. The first-order valence-corrected chi connectivity index (χ1v) is 11.3. The largest absolute Gasteiger partial charge is 0.356 e. The molecule has 1 amide bonds. The van der Waals surface area contributed by atoms with Gasteiger partial charge in [0.15, 0.2) is 11.5 Å². The van der Waals surface area contributed by atoms with Crippen molar-refractivity contribution >= 4 is 29.1 Å². The van der Waals surface area contributed by atoms with Crippen molar-refractivity contribution in [2.75, 3.05) is 18.0 Å². The Balaban J connectivity index is 1.23. The van der Waals surface area contributed by atoms with E-state index in [0.717, 1.165) is 44.6 Å². The molecule has 5 heterocycles. The Kier molecular flexibility index (Phi) is 4.06. The number of fused-ring (bicyclic) bond motifs is 2. The highest BCUT2D eigenvalue weighted by Crippen LogP contribution is 2.55. The summed E-state index contributed by atoms with van der Waals surface area (Å²) in [6, 6.07) is 12.5. The number of aromatic nitrogens is 3. The van der Waals surface area contributed by atoms with Gasteiger partial charge in [-0.25, -0.2) is 9.37 Å². The average Bonchev–Trinajstić information content (AvgIpc) is 3.44. The third kappa shape index (κ3) is 2.59. The summed E-state index contributed by atoms with van der Waals surface area (Å²) in [5.74, 6) is 0.713. The van der Waals surface area contributed by atoms with E-state index in [1.807, 2.05) is 23.9 Å². The van der Waals surface area contributed by atoms with Gasteiger partial charge in [0, 0.05) is 19.3 Å². The van der Waals surface area contributed by atoms with Crippen molar-refractivity contribution in [2.45, 2.75) is 41.8 Å². The molecule has 0 unspecified atom stereocenters. The van der Waals surface area contributed by atoms with Crippen molar-refractivity contribution in [1.82, 2.24) is 19.5 Å². The number of halogens is 1. The van der Waals surface area contributed by atoms with Crippen LogP contribution in [0, 0.1) is 5.82 Å². The number of amides is 1. The highest BCUT2D eigenvalue weighted by molar-refractivity contribution is 8.02. The number of benzene rings is 1. The lowest BCUT2D eigenvalue weighted by Gasteiger charge is -2.38. The summed E-state index contributed by atoms with van der Waals surface area (Å²) in [5, 5.41) is 4.42. The van der Waals surface area contributed by atoms with E-state index in [2.05, 4.69) is 44.1 Å². The molecule has 3 fully saturated rings. The molecule has 30 heavy (non-hydrogen) atoms. The second kappa shape index (κ2) is 6.70. The zero-order valence-corrected chi connectivity index (χ0v) is 17.3. The fourth-order valence-corrected chi connectivity index (χ4v) is 6.99. The van der Waals surface area contributed by atoms with Gasteiger partial charge in [-0.2, -0.15) is 9.61 Å². The van der Waals surface area contributed by atoms with E-state index in [4.69, 9.17) is 0 Å². The van der Waals surface area contributed by atoms with Crippen LogP contribution in [0.25, 0.3) is 5.65 Å². The second-order valence-electron chi connectivity index (χ2n) is 8.30. The summed E-state index contributed by atoms with van der Waals surface area (Å²) in [5.41, 5.74) is 1.48. The molecule has 154 valence electrons. The first kappa shape index (κ1) is 18.2. The number of piperidine rings is 1. The van der Waals surface area contributed by atoms with E-state index in [9.17, 15) is 9.18 Å². The molecule has 3 aliphatic rings. The Hall–Kier alpha value is -2.61. The lowest BCUT2D eigenvalue weighted by atomic mass is 9.93. The highest BCUT2D eigenvalue weighted by Gasteiger charge is 2.57. The van der Waals surface area contributed by atoms with Gasteiger partial charge < -0.3 is 9.80 Å². The van der Waals surface area contributed by atoms with E-state index in [0.29, 0.717) is 5.91 Å². The minimum absolute atomic E-state index is 0.195. The number of anilines is 1. The van der Waals surface area contributed by atoms with Crippen LogP contribution in [0.4, 0.5) is 10.2 Å². The van der Waals surface area contributed by atoms with Gasteiger partial charge in [-0.15, -0.1) is 11.8 Å². The molecule has 0 aliphatic carbocycles. The molecule has 3 aromatic rings. The summed E-state index contributed by atoms with van der Waals surface area (Å²) in [4.78, 5) is 22.1. The molecule has 8 heteroatoms. The summed E-state index contributed by atoms with van der Waals surface area (Å²) in [7, 11) is 0. The topological polar surface area (TPSA) is 53.7 Å². The van der Waals surface area contributed by atoms with E-state index in [1.54, 1.807) is 10.7 Å². The Labute approximate surface area is 178 Å². The molecule has 1 aromatic carbocycles. The molecule has 0 N–H and O–H groups in total. The zero-order valence-electron chi connectivity index (χ0n) is 16.4. The van der Waals surface area contributed by atoms with Gasteiger partial charge in [0.05, 0.1) is 17.6 Å². The van der Waals surface area contributed by atoms with Crippen LogP contribution in [-0.2, 0) is 4.79 Å². The Bertz CT molecular complexity index is 1110. The number of hydrogen-bond acceptors (Lipinski definition) is 5. The summed E-state index contributed by atoms with van der Waals surface area (Å²) in [6.45, 7) is 1.49. The summed E-state index contributed by atoms with van der Waals surface area (Å²) in [6.07, 6.45) is 6.49. The van der Waals surface area contributed by atoms with E-state index < -0.39 is 5.82 Å². The van der Waals surface area contributed by atoms with E-state index in [1.165, 1.54) is 11.8 Å². The third-order valence-electron chi connectivity index (χ3n) is 6.74. The van der Waals surface area contributed by atoms with E-state index in [-0.39, 0.29) is 21.8 Å². The second-order valence-corrected chi connectivity index (χ2v) is 9.86. The van der Waals surface area contributed by atoms with Crippen LogP contribution < -0.4 is 4.90 Å². The molecule has 6 rings (SSSR count). The number of carbonyl (C=O) groups excluding carboxylic acids is 1. The standard InChI is InChI=1S/C22H22FN5OS/c23-16-14-25-28-18(8-11-24-20(16)28)26-12-9-22(10-13-26)21(29)27-17(6-7-19(27)30-22)15-4-2-1-3-5-15/h1-5,8,11,14,17,19H,6-7,9-10,12-13H2/t17-,19+/m0/s1. The van der Waals surface area contributed by atoms with Crippen LogP contribution in [0.3, 0.4) is 0 Å². The maximum Gasteiger partial charge on any atom is 0.240 e. The SMILES string of the molecule is O=C1N2[C@@H](CC[C@H]2c2ccccc2)SC12CCN(c1ccnc3c(F)cnn13)CC2. The third-order valence-corrected chi connectivity index (χ3v) is 8.51. The van der Waals surface area contributed by atoms with Crippen LogP contribution in [-0.4, -0.2) is 48.6 Å². The van der Waals surface area contributed by atoms with Crippen LogP contribution in [0.2, 0.25) is 0 Å². The maximum atomic E-state index is 13.9. The van der Waals surface area contributed by atoms with Crippen LogP contribution >= 0.6 is 11.8 Å². The van der Waals surface area contributed by atoms with Crippen LogP contribution in [0.15, 0.2) is 48.8 Å². The first-order chi connectivity index (χ1) is 14.7. The van der Waals surface area contributed by atoms with Gasteiger partial charge in [0.25, 0.3) is 0 Å². The fourth-order valence-electron chi connectivity index (χ4n) is 5.24. The van der Waals surface area contributed by atoms with Gasteiger partial charge in [-0.1, -0.05) is 30.3 Å². The average molecular weight is 424 g/mol. The fraction of sp³-hybridized carbons (Fsp3) is 0.409. The van der Waals surface area contributed by atoms with Crippen molar-refractivity contribution < 1.29 is 9.18 Å². The van der Waals surface area contributed by atoms with Gasteiger partial charge in [0.2, 0.25) is 5.91 Å². The maximum absolute atomic E-state index is 13.9. The molecule has 3 saturated heterocycles. The van der Waals surface area contributed by atoms with Gasteiger partial charge in [0.1, 0.15) is 10.6 Å². The Morgan fingerprint density at radius 3 is 2.70 bits per heavy atom. The van der Waals surface area contributed by atoms with E-state index >= 15 is 0 Å². The molecule has 6 nitrogen and oxygen atoms in total. The first-order valence-electron chi connectivity index (χ1n) is 10.4. The molecule has 3 aliphatic heterocycles. The minimum atomic E-state index is -0.417. The summed E-state index contributed by atoms with van der Waals surface area (Å²) >= 11 is 1.87.